The number of rotatable bonds is 9. The first kappa shape index (κ1) is 24.9. The summed E-state index contributed by atoms with van der Waals surface area (Å²) in [5, 5.41) is 6.10. The van der Waals surface area contributed by atoms with Crippen molar-refractivity contribution in [1.82, 2.24) is 14.9 Å². The summed E-state index contributed by atoms with van der Waals surface area (Å²) in [4.78, 5) is 34.1. The molecule has 4 N–H and O–H groups in total. The summed E-state index contributed by atoms with van der Waals surface area (Å²) in [6.45, 7) is 5.99. The van der Waals surface area contributed by atoms with Crippen LogP contribution < -0.4 is 20.6 Å². The predicted octanol–water partition coefficient (Wildman–Crippen LogP) is 1.82. The van der Waals surface area contributed by atoms with Crippen LogP contribution in [0.1, 0.15) is 41.5 Å². The fourth-order valence-corrected chi connectivity index (χ4v) is 2.97. The summed E-state index contributed by atoms with van der Waals surface area (Å²) in [5.74, 6) is -0.535. The SMILES string of the molecule is CC(C)C(C)Nc1nc(Nc2ccc(OS(C)(=O)=O)c(C(=O)N(C)C)c2)ncc1C(N)=O. The number of anilines is 3. The number of aromatic nitrogens is 2. The molecule has 1 aromatic heterocycles. The lowest BCUT2D eigenvalue weighted by Gasteiger charge is -2.20. The van der Waals surface area contributed by atoms with Crippen molar-refractivity contribution >= 4 is 39.4 Å². The molecule has 174 valence electrons. The van der Waals surface area contributed by atoms with Gasteiger partial charge in [-0.25, -0.2) is 4.98 Å². The van der Waals surface area contributed by atoms with Crippen LogP contribution in [0.15, 0.2) is 24.4 Å². The van der Waals surface area contributed by atoms with Gasteiger partial charge in [-0.05, 0) is 31.0 Å². The first-order valence-corrected chi connectivity index (χ1v) is 11.6. The van der Waals surface area contributed by atoms with Gasteiger partial charge in [-0.3, -0.25) is 9.59 Å². The number of nitrogens with zero attached hydrogens (tertiary/aromatic N) is 3. The summed E-state index contributed by atoms with van der Waals surface area (Å²) in [5.41, 5.74) is 6.02. The van der Waals surface area contributed by atoms with Crippen LogP contribution in [-0.4, -0.2) is 61.5 Å². The van der Waals surface area contributed by atoms with E-state index in [9.17, 15) is 18.0 Å². The lowest BCUT2D eigenvalue weighted by Crippen LogP contribution is -2.25. The molecule has 0 spiro atoms. The molecule has 32 heavy (non-hydrogen) atoms. The summed E-state index contributed by atoms with van der Waals surface area (Å²) >= 11 is 0. The molecule has 0 aliphatic carbocycles. The molecular weight excluding hydrogens is 436 g/mol. The number of carbonyl (C=O) groups is 2. The second-order valence-corrected chi connectivity index (χ2v) is 9.40. The van der Waals surface area contributed by atoms with Gasteiger partial charge in [-0.1, -0.05) is 13.8 Å². The van der Waals surface area contributed by atoms with Gasteiger partial charge in [0.15, 0.2) is 5.75 Å². The molecule has 0 aliphatic heterocycles. The van der Waals surface area contributed by atoms with Gasteiger partial charge in [0.25, 0.3) is 11.8 Å². The van der Waals surface area contributed by atoms with Gasteiger partial charge >= 0.3 is 10.1 Å². The van der Waals surface area contributed by atoms with Gasteiger partial charge in [0.05, 0.1) is 17.4 Å². The predicted molar refractivity (Wildman–Crippen MR) is 122 cm³/mol. The largest absolute Gasteiger partial charge is 0.382 e. The van der Waals surface area contributed by atoms with E-state index in [0.717, 1.165) is 6.26 Å². The quantitative estimate of drug-likeness (QED) is 0.471. The molecule has 12 heteroatoms. The molecule has 11 nitrogen and oxygen atoms in total. The van der Waals surface area contributed by atoms with E-state index in [0.29, 0.717) is 5.69 Å². The highest BCUT2D eigenvalue weighted by molar-refractivity contribution is 7.86. The smallest absolute Gasteiger partial charge is 0.306 e. The van der Waals surface area contributed by atoms with E-state index in [1.165, 1.54) is 43.4 Å². The number of nitrogens with one attached hydrogen (secondary N) is 2. The van der Waals surface area contributed by atoms with Crippen LogP contribution in [0.5, 0.6) is 5.75 Å². The van der Waals surface area contributed by atoms with Crippen molar-refractivity contribution in [2.45, 2.75) is 26.8 Å². The zero-order chi connectivity index (χ0) is 24.2. The van der Waals surface area contributed by atoms with Crippen LogP contribution in [0.2, 0.25) is 0 Å². The van der Waals surface area contributed by atoms with E-state index in [-0.39, 0.29) is 40.6 Å². The van der Waals surface area contributed by atoms with E-state index in [2.05, 4.69) is 20.6 Å². The standard InChI is InChI=1S/C20H28N6O5S/c1-11(2)12(3)23-18-15(17(21)27)10-22-20(25-18)24-13-7-8-16(31-32(6,29)30)14(9-13)19(28)26(4)5/h7-12H,1-6H3,(H2,21,27)(H2,22,23,24,25). The molecule has 1 atom stereocenters. The number of amides is 2. The van der Waals surface area contributed by atoms with Crippen molar-refractivity contribution < 1.29 is 22.2 Å². The Kier molecular flexibility index (Phi) is 7.62. The van der Waals surface area contributed by atoms with Gasteiger partial charge in [0, 0.05) is 32.0 Å². The third-order valence-corrected chi connectivity index (χ3v) is 5.01. The molecule has 0 bridgehead atoms. The fraction of sp³-hybridized carbons (Fsp3) is 0.400. The minimum absolute atomic E-state index is 0.00703. The Labute approximate surface area is 187 Å². The van der Waals surface area contributed by atoms with Crippen molar-refractivity contribution in [3.8, 4) is 5.75 Å². The van der Waals surface area contributed by atoms with E-state index in [4.69, 9.17) is 9.92 Å². The highest BCUT2D eigenvalue weighted by Crippen LogP contribution is 2.27. The molecule has 1 unspecified atom stereocenters. The Bertz CT molecular complexity index is 1120. The Balaban J connectivity index is 2.44. The lowest BCUT2D eigenvalue weighted by molar-refractivity contribution is 0.0825. The Hall–Kier alpha value is -3.41. The summed E-state index contributed by atoms with van der Waals surface area (Å²) in [6.07, 6.45) is 2.20. The number of benzene rings is 1. The Morgan fingerprint density at radius 2 is 1.81 bits per heavy atom. The van der Waals surface area contributed by atoms with Gasteiger partial charge in [-0.2, -0.15) is 13.4 Å². The maximum absolute atomic E-state index is 12.5. The Morgan fingerprint density at radius 1 is 1.16 bits per heavy atom. The minimum atomic E-state index is -3.84. The van der Waals surface area contributed by atoms with Gasteiger partial charge in [-0.15, -0.1) is 0 Å². The number of hydrogen-bond acceptors (Lipinski definition) is 9. The van der Waals surface area contributed by atoms with Crippen LogP contribution in [0, 0.1) is 5.92 Å². The molecular formula is C20H28N6O5S. The molecule has 0 aliphatic rings. The second kappa shape index (κ2) is 9.81. The summed E-state index contributed by atoms with van der Waals surface area (Å²) in [6, 6.07) is 4.31. The first-order chi connectivity index (χ1) is 14.8. The first-order valence-electron chi connectivity index (χ1n) is 9.74. The van der Waals surface area contributed by atoms with Crippen molar-refractivity contribution in [3.05, 3.63) is 35.5 Å². The highest BCUT2D eigenvalue weighted by Gasteiger charge is 2.20. The molecule has 0 saturated heterocycles. The molecule has 1 aromatic carbocycles. The topological polar surface area (TPSA) is 157 Å². The maximum atomic E-state index is 12.5. The zero-order valence-electron chi connectivity index (χ0n) is 18.8. The van der Waals surface area contributed by atoms with Crippen molar-refractivity contribution in [3.63, 3.8) is 0 Å². The van der Waals surface area contributed by atoms with Gasteiger partial charge in [0.2, 0.25) is 5.95 Å². The normalized spacial score (nSPS) is 12.2. The van der Waals surface area contributed by atoms with E-state index < -0.39 is 21.9 Å². The third-order valence-electron chi connectivity index (χ3n) is 4.53. The minimum Gasteiger partial charge on any atom is -0.382 e. The maximum Gasteiger partial charge on any atom is 0.306 e. The average molecular weight is 465 g/mol. The van der Waals surface area contributed by atoms with Crippen LogP contribution in [0.3, 0.4) is 0 Å². The number of hydrogen-bond donors (Lipinski definition) is 3. The lowest BCUT2D eigenvalue weighted by atomic mass is 10.1. The molecule has 1 heterocycles. The summed E-state index contributed by atoms with van der Waals surface area (Å²) < 4.78 is 28.0. The number of primary amides is 1. The molecule has 2 rings (SSSR count). The fourth-order valence-electron chi connectivity index (χ4n) is 2.50. The molecule has 2 amide bonds. The van der Waals surface area contributed by atoms with Crippen LogP contribution in [0.4, 0.5) is 17.5 Å². The summed E-state index contributed by atoms with van der Waals surface area (Å²) in [7, 11) is -0.768. The van der Waals surface area contributed by atoms with E-state index in [1.54, 1.807) is 0 Å². The highest BCUT2D eigenvalue weighted by atomic mass is 32.2. The van der Waals surface area contributed by atoms with Crippen LogP contribution >= 0.6 is 0 Å². The zero-order valence-corrected chi connectivity index (χ0v) is 19.6. The van der Waals surface area contributed by atoms with Crippen molar-refractivity contribution in [2.24, 2.45) is 11.7 Å². The number of carbonyl (C=O) groups excluding carboxylic acids is 2. The molecule has 0 saturated carbocycles. The van der Waals surface area contributed by atoms with Crippen LogP contribution in [0.25, 0.3) is 0 Å². The Morgan fingerprint density at radius 3 is 2.34 bits per heavy atom. The third kappa shape index (κ3) is 6.54. The molecule has 0 fully saturated rings. The molecule has 2 aromatic rings. The molecule has 0 radical (unpaired) electrons. The van der Waals surface area contributed by atoms with Gasteiger partial charge in [0.1, 0.15) is 5.82 Å². The van der Waals surface area contributed by atoms with E-state index >= 15 is 0 Å². The van der Waals surface area contributed by atoms with Gasteiger partial charge < -0.3 is 25.5 Å². The van der Waals surface area contributed by atoms with Crippen molar-refractivity contribution in [2.75, 3.05) is 31.0 Å². The van der Waals surface area contributed by atoms with Crippen LogP contribution in [-0.2, 0) is 10.1 Å². The average Bonchev–Trinajstić information content (AvgIpc) is 2.67. The second-order valence-electron chi connectivity index (χ2n) is 7.82. The van der Waals surface area contributed by atoms with E-state index in [1.807, 2.05) is 20.8 Å². The number of nitrogens with two attached hydrogens (primary N) is 1. The van der Waals surface area contributed by atoms with Crippen molar-refractivity contribution in [1.29, 1.82) is 0 Å². The monoisotopic (exact) mass is 464 g/mol.